The summed E-state index contributed by atoms with van der Waals surface area (Å²) in [5.41, 5.74) is 0.909. The Balaban J connectivity index is 2.37. The summed E-state index contributed by atoms with van der Waals surface area (Å²) in [6.07, 6.45) is 1.88. The predicted octanol–water partition coefficient (Wildman–Crippen LogP) is 1.38. The van der Waals surface area contributed by atoms with E-state index in [0.717, 1.165) is 18.4 Å². The zero-order valence-corrected chi connectivity index (χ0v) is 13.0. The molecule has 0 aliphatic carbocycles. The third-order valence-electron chi connectivity index (χ3n) is 3.73. The minimum absolute atomic E-state index is 0.217. The Morgan fingerprint density at radius 1 is 1.40 bits per heavy atom. The van der Waals surface area contributed by atoms with Gasteiger partial charge in [-0.1, -0.05) is 6.07 Å². The zero-order valence-electron chi connectivity index (χ0n) is 12.2. The van der Waals surface area contributed by atoms with Gasteiger partial charge in [0.15, 0.2) is 0 Å². The second-order valence-corrected chi connectivity index (χ2v) is 7.05. The summed E-state index contributed by atoms with van der Waals surface area (Å²) >= 11 is 0. The van der Waals surface area contributed by atoms with E-state index in [1.165, 1.54) is 7.11 Å². The highest BCUT2D eigenvalue weighted by atomic mass is 32.2. The molecule has 0 aromatic heterocycles. The summed E-state index contributed by atoms with van der Waals surface area (Å²) < 4.78 is 32.4. The van der Waals surface area contributed by atoms with Crippen molar-refractivity contribution in [3.8, 4) is 5.75 Å². The molecule has 5 nitrogen and oxygen atoms in total. The van der Waals surface area contributed by atoms with E-state index in [-0.39, 0.29) is 10.9 Å². The van der Waals surface area contributed by atoms with E-state index < -0.39 is 10.0 Å². The van der Waals surface area contributed by atoms with Crippen molar-refractivity contribution in [1.82, 2.24) is 9.62 Å². The topological polar surface area (TPSA) is 58.6 Å². The van der Waals surface area contributed by atoms with Crippen molar-refractivity contribution in [2.75, 3.05) is 27.2 Å². The second kappa shape index (κ2) is 6.11. The third-order valence-corrected chi connectivity index (χ3v) is 5.62. The lowest BCUT2D eigenvalue weighted by Crippen LogP contribution is -2.46. The van der Waals surface area contributed by atoms with Gasteiger partial charge in [0.2, 0.25) is 10.0 Å². The van der Waals surface area contributed by atoms with Crippen LogP contribution in [0.1, 0.15) is 18.4 Å². The van der Waals surface area contributed by atoms with E-state index >= 15 is 0 Å². The van der Waals surface area contributed by atoms with E-state index in [1.807, 2.05) is 20.0 Å². The molecule has 1 saturated heterocycles. The number of aryl methyl sites for hydroxylation is 1. The summed E-state index contributed by atoms with van der Waals surface area (Å²) in [5, 5.41) is 3.16. The number of sulfonamides is 1. The molecule has 0 unspecified atom stereocenters. The Bertz CT molecular complexity index is 572. The number of ether oxygens (including phenoxy) is 1. The zero-order chi connectivity index (χ0) is 14.8. The first-order chi connectivity index (χ1) is 9.48. The van der Waals surface area contributed by atoms with Crippen molar-refractivity contribution in [3.63, 3.8) is 0 Å². The highest BCUT2D eigenvalue weighted by Crippen LogP contribution is 2.29. The van der Waals surface area contributed by atoms with Crippen LogP contribution in [0.15, 0.2) is 23.1 Å². The van der Waals surface area contributed by atoms with E-state index in [9.17, 15) is 8.42 Å². The molecule has 0 saturated carbocycles. The lowest BCUT2D eigenvalue weighted by molar-refractivity contribution is 0.291. The van der Waals surface area contributed by atoms with Crippen LogP contribution in [0.2, 0.25) is 0 Å². The molecule has 1 N–H and O–H groups in total. The fourth-order valence-electron chi connectivity index (χ4n) is 2.52. The van der Waals surface area contributed by atoms with Gasteiger partial charge >= 0.3 is 0 Å². The third kappa shape index (κ3) is 2.97. The summed E-state index contributed by atoms with van der Waals surface area (Å²) in [5.74, 6) is 0.405. The van der Waals surface area contributed by atoms with Crippen LogP contribution in [0.5, 0.6) is 5.75 Å². The molecule has 0 spiro atoms. The first-order valence-corrected chi connectivity index (χ1v) is 8.25. The van der Waals surface area contributed by atoms with Crippen molar-refractivity contribution >= 4 is 10.0 Å². The Morgan fingerprint density at radius 2 is 2.15 bits per heavy atom. The molecule has 0 amide bonds. The van der Waals surface area contributed by atoms with Gasteiger partial charge in [0, 0.05) is 19.1 Å². The van der Waals surface area contributed by atoms with Crippen molar-refractivity contribution in [2.24, 2.45) is 0 Å². The van der Waals surface area contributed by atoms with Gasteiger partial charge in [-0.15, -0.1) is 0 Å². The van der Waals surface area contributed by atoms with Crippen molar-refractivity contribution in [1.29, 1.82) is 0 Å². The number of rotatable bonds is 4. The number of hydrogen-bond acceptors (Lipinski definition) is 4. The van der Waals surface area contributed by atoms with Crippen LogP contribution in [-0.4, -0.2) is 46.0 Å². The monoisotopic (exact) mass is 298 g/mol. The standard InChI is InChI=1S/C14H22N2O3S/c1-11-6-7-13(19-3)14(9-11)20(17,18)16-8-4-5-12(10-16)15-2/h6-7,9,12,15H,4-5,8,10H2,1-3H3/t12-/m1/s1. The number of hydrogen-bond donors (Lipinski definition) is 1. The molecule has 1 fully saturated rings. The van der Waals surface area contributed by atoms with Gasteiger partial charge < -0.3 is 10.1 Å². The van der Waals surface area contributed by atoms with Crippen molar-refractivity contribution < 1.29 is 13.2 Å². The van der Waals surface area contributed by atoms with Crippen LogP contribution in [0.3, 0.4) is 0 Å². The first-order valence-electron chi connectivity index (χ1n) is 6.81. The molecule has 6 heteroatoms. The molecule has 112 valence electrons. The fraction of sp³-hybridized carbons (Fsp3) is 0.571. The molecule has 20 heavy (non-hydrogen) atoms. The number of nitrogens with one attached hydrogen (secondary N) is 1. The van der Waals surface area contributed by atoms with Crippen LogP contribution in [-0.2, 0) is 10.0 Å². The van der Waals surface area contributed by atoms with Crippen molar-refractivity contribution in [2.45, 2.75) is 30.7 Å². The van der Waals surface area contributed by atoms with Crippen LogP contribution in [0.4, 0.5) is 0 Å². The Kier molecular flexibility index (Phi) is 4.67. The average molecular weight is 298 g/mol. The van der Waals surface area contributed by atoms with Crippen LogP contribution in [0, 0.1) is 6.92 Å². The Labute approximate surface area is 121 Å². The molecule has 0 bridgehead atoms. The molecule has 1 aromatic carbocycles. The highest BCUT2D eigenvalue weighted by molar-refractivity contribution is 7.89. The average Bonchev–Trinajstić information content (AvgIpc) is 2.47. The van der Waals surface area contributed by atoms with Gasteiger partial charge in [-0.05, 0) is 44.5 Å². The fourth-order valence-corrected chi connectivity index (χ4v) is 4.29. The van der Waals surface area contributed by atoms with E-state index in [1.54, 1.807) is 16.4 Å². The van der Waals surface area contributed by atoms with Crippen LogP contribution in [0.25, 0.3) is 0 Å². The number of piperidine rings is 1. The molecule has 1 heterocycles. The van der Waals surface area contributed by atoms with Crippen molar-refractivity contribution in [3.05, 3.63) is 23.8 Å². The summed E-state index contributed by atoms with van der Waals surface area (Å²) in [6.45, 7) is 2.96. The number of methoxy groups -OCH3 is 1. The maximum Gasteiger partial charge on any atom is 0.246 e. The van der Waals surface area contributed by atoms with E-state index in [0.29, 0.717) is 18.8 Å². The maximum atomic E-state index is 12.8. The van der Waals surface area contributed by atoms with Gasteiger partial charge in [-0.25, -0.2) is 8.42 Å². The van der Waals surface area contributed by atoms with Crippen LogP contribution < -0.4 is 10.1 Å². The van der Waals surface area contributed by atoms with E-state index in [2.05, 4.69) is 5.32 Å². The molecular weight excluding hydrogens is 276 g/mol. The molecule has 1 aliphatic rings. The molecule has 1 atom stereocenters. The van der Waals surface area contributed by atoms with E-state index in [4.69, 9.17) is 4.74 Å². The second-order valence-electron chi connectivity index (χ2n) is 5.15. The van der Waals surface area contributed by atoms with Gasteiger partial charge in [0.1, 0.15) is 10.6 Å². The lowest BCUT2D eigenvalue weighted by Gasteiger charge is -2.32. The van der Waals surface area contributed by atoms with Gasteiger partial charge in [-0.2, -0.15) is 4.31 Å². The molecule has 2 rings (SSSR count). The molecule has 1 aromatic rings. The largest absolute Gasteiger partial charge is 0.495 e. The Hall–Kier alpha value is -1.11. The highest BCUT2D eigenvalue weighted by Gasteiger charge is 2.31. The number of nitrogens with zero attached hydrogens (tertiary/aromatic N) is 1. The SMILES string of the molecule is CN[C@@H]1CCCN(S(=O)(=O)c2cc(C)ccc2OC)C1. The maximum absolute atomic E-state index is 12.8. The normalized spacial score (nSPS) is 20.9. The minimum atomic E-state index is -3.50. The minimum Gasteiger partial charge on any atom is -0.495 e. The van der Waals surface area contributed by atoms with Gasteiger partial charge in [-0.3, -0.25) is 0 Å². The summed E-state index contributed by atoms with van der Waals surface area (Å²) in [6, 6.07) is 5.46. The van der Waals surface area contributed by atoms with Gasteiger partial charge in [0.25, 0.3) is 0 Å². The molecular formula is C14H22N2O3S. The lowest BCUT2D eigenvalue weighted by atomic mass is 10.1. The molecule has 1 aliphatic heterocycles. The quantitative estimate of drug-likeness (QED) is 0.912. The molecule has 0 radical (unpaired) electrons. The smallest absolute Gasteiger partial charge is 0.246 e. The predicted molar refractivity (Wildman–Crippen MR) is 78.6 cm³/mol. The number of likely N-dealkylation sites (N-methyl/N-ethyl adjacent to an activating group) is 1. The number of benzene rings is 1. The summed E-state index contributed by atoms with van der Waals surface area (Å²) in [4.78, 5) is 0.261. The summed E-state index contributed by atoms with van der Waals surface area (Å²) in [7, 11) is -0.137. The van der Waals surface area contributed by atoms with Gasteiger partial charge in [0.05, 0.1) is 7.11 Å². The Morgan fingerprint density at radius 3 is 2.80 bits per heavy atom. The van der Waals surface area contributed by atoms with Crippen LogP contribution >= 0.6 is 0 Å². The first kappa shape index (κ1) is 15.3.